The van der Waals surface area contributed by atoms with E-state index in [0.717, 1.165) is 11.1 Å². The van der Waals surface area contributed by atoms with Crippen LogP contribution in [0.2, 0.25) is 10.0 Å². The predicted octanol–water partition coefficient (Wildman–Crippen LogP) is 5.19. The van der Waals surface area contributed by atoms with Crippen LogP contribution in [0.3, 0.4) is 0 Å². The molecule has 2 aromatic carbocycles. The molecule has 1 heterocycles. The second-order valence-corrected chi connectivity index (χ2v) is 7.15. The molecule has 1 aromatic heterocycles. The summed E-state index contributed by atoms with van der Waals surface area (Å²) in [6.07, 6.45) is 4.79. The van der Waals surface area contributed by atoms with E-state index in [1.165, 1.54) is 23.0 Å². The Labute approximate surface area is 168 Å². The van der Waals surface area contributed by atoms with E-state index < -0.39 is 0 Å². The molecule has 0 radical (unpaired) electrons. The molecule has 3 aromatic rings. The van der Waals surface area contributed by atoms with E-state index in [2.05, 4.69) is 48.5 Å². The number of nitrogens with one attached hydrogen (secondary N) is 1. The van der Waals surface area contributed by atoms with Crippen LogP contribution >= 0.6 is 23.2 Å². The first-order valence-corrected chi connectivity index (χ1v) is 9.15. The maximum absolute atomic E-state index is 6.36. The summed E-state index contributed by atoms with van der Waals surface area (Å²) in [7, 11) is 0. The zero-order valence-electron chi connectivity index (χ0n) is 15.3. The van der Waals surface area contributed by atoms with Crippen molar-refractivity contribution in [1.29, 1.82) is 0 Å². The Kier molecular flexibility index (Phi) is 6.16. The zero-order valence-corrected chi connectivity index (χ0v) is 16.8. The molecule has 140 valence electrons. The summed E-state index contributed by atoms with van der Waals surface area (Å²) in [5, 5.41) is 5.17. The number of hydrogen-bond acceptors (Lipinski definition) is 4. The molecule has 5 nitrogen and oxygen atoms in total. The van der Waals surface area contributed by atoms with Crippen molar-refractivity contribution in [1.82, 2.24) is 20.2 Å². The van der Waals surface area contributed by atoms with Crippen molar-refractivity contribution in [3.63, 3.8) is 0 Å². The lowest BCUT2D eigenvalue weighted by atomic mass is 10.0. The molecular weight excluding hydrogens is 383 g/mol. The third-order valence-corrected chi connectivity index (χ3v) is 4.71. The van der Waals surface area contributed by atoms with Gasteiger partial charge in [0, 0.05) is 10.6 Å². The third-order valence-electron chi connectivity index (χ3n) is 4.16. The van der Waals surface area contributed by atoms with E-state index in [9.17, 15) is 0 Å². The molecule has 0 amide bonds. The number of aromatic nitrogens is 3. The maximum Gasteiger partial charge on any atom is 0.138 e. The van der Waals surface area contributed by atoms with Crippen LogP contribution in [0.1, 0.15) is 27.8 Å². The monoisotopic (exact) mass is 402 g/mol. The van der Waals surface area contributed by atoms with Crippen LogP contribution in [0.15, 0.2) is 43.0 Å². The molecule has 0 saturated heterocycles. The van der Waals surface area contributed by atoms with Crippen LogP contribution in [0.5, 0.6) is 0 Å². The van der Waals surface area contributed by atoms with Gasteiger partial charge in [-0.15, -0.1) is 0 Å². The third kappa shape index (κ3) is 4.89. The first-order valence-electron chi connectivity index (χ1n) is 8.40. The lowest BCUT2D eigenvalue weighted by molar-refractivity contribution is 0.0642. The van der Waals surface area contributed by atoms with E-state index in [1.807, 2.05) is 6.07 Å². The molecule has 0 fully saturated rings. The highest BCUT2D eigenvalue weighted by atomic mass is 35.5. The first-order chi connectivity index (χ1) is 12.9. The molecule has 0 saturated carbocycles. The van der Waals surface area contributed by atoms with Gasteiger partial charge < -0.3 is 0 Å². The van der Waals surface area contributed by atoms with Gasteiger partial charge >= 0.3 is 0 Å². The van der Waals surface area contributed by atoms with Gasteiger partial charge in [0.15, 0.2) is 0 Å². The van der Waals surface area contributed by atoms with Crippen molar-refractivity contribution in [2.75, 3.05) is 0 Å². The van der Waals surface area contributed by atoms with Crippen molar-refractivity contribution >= 4 is 35.1 Å². The van der Waals surface area contributed by atoms with Crippen LogP contribution < -0.4 is 5.48 Å². The van der Waals surface area contributed by atoms with Crippen LogP contribution in [-0.2, 0) is 11.4 Å². The van der Waals surface area contributed by atoms with Crippen LogP contribution in [0.4, 0.5) is 0 Å². The largest absolute Gasteiger partial charge is 0.271 e. The van der Waals surface area contributed by atoms with E-state index in [4.69, 9.17) is 28.0 Å². The summed E-state index contributed by atoms with van der Waals surface area (Å²) in [6, 6.07) is 9.57. The fourth-order valence-electron chi connectivity index (χ4n) is 2.90. The topological polar surface area (TPSA) is 52.0 Å². The van der Waals surface area contributed by atoms with Gasteiger partial charge in [0.25, 0.3) is 0 Å². The van der Waals surface area contributed by atoms with Crippen molar-refractivity contribution in [3.8, 4) is 0 Å². The number of hydroxylamine groups is 1. The SMILES string of the molecule is Cc1cc(C)c(CONC(=Cn2cncn2)c2ccc(Cl)cc2Cl)c(C)c1. The number of hydrogen-bond donors (Lipinski definition) is 1. The number of rotatable bonds is 6. The Morgan fingerprint density at radius 3 is 2.52 bits per heavy atom. The van der Waals surface area contributed by atoms with Gasteiger partial charge in [0.05, 0.1) is 16.9 Å². The summed E-state index contributed by atoms with van der Waals surface area (Å²) < 4.78 is 1.57. The number of nitrogens with zero attached hydrogens (tertiary/aromatic N) is 3. The van der Waals surface area contributed by atoms with Crippen LogP contribution in [-0.4, -0.2) is 14.8 Å². The first kappa shape index (κ1) is 19.4. The van der Waals surface area contributed by atoms with E-state index >= 15 is 0 Å². The Morgan fingerprint density at radius 2 is 1.89 bits per heavy atom. The summed E-state index contributed by atoms with van der Waals surface area (Å²) in [5.74, 6) is 0. The summed E-state index contributed by atoms with van der Waals surface area (Å²) in [5.41, 5.74) is 9.16. The minimum atomic E-state index is 0.415. The highest BCUT2D eigenvalue weighted by Gasteiger charge is 2.10. The van der Waals surface area contributed by atoms with Gasteiger partial charge in [-0.3, -0.25) is 10.3 Å². The minimum absolute atomic E-state index is 0.415. The average Bonchev–Trinajstić information content (AvgIpc) is 3.09. The van der Waals surface area contributed by atoms with Crippen molar-refractivity contribution in [3.05, 3.63) is 80.8 Å². The lowest BCUT2D eigenvalue weighted by Crippen LogP contribution is -2.15. The molecule has 7 heteroatoms. The molecule has 1 N–H and O–H groups in total. The van der Waals surface area contributed by atoms with Gasteiger partial charge in [0.1, 0.15) is 19.3 Å². The second-order valence-electron chi connectivity index (χ2n) is 6.31. The quantitative estimate of drug-likeness (QED) is 0.576. The van der Waals surface area contributed by atoms with Crippen LogP contribution in [0.25, 0.3) is 11.9 Å². The summed E-state index contributed by atoms with van der Waals surface area (Å²) in [6.45, 7) is 6.67. The van der Waals surface area contributed by atoms with Gasteiger partial charge in [-0.1, -0.05) is 40.9 Å². The lowest BCUT2D eigenvalue weighted by Gasteiger charge is -2.15. The van der Waals surface area contributed by atoms with E-state index in [1.54, 1.807) is 29.3 Å². The second kappa shape index (κ2) is 8.57. The predicted molar refractivity (Wildman–Crippen MR) is 109 cm³/mol. The standard InChI is InChI=1S/C20H20Cl2N4O/c1-13-6-14(2)18(15(3)7-13)10-27-25-20(9-26-12-23-11-24-26)17-5-4-16(21)8-19(17)22/h4-9,11-12,25H,10H2,1-3H3. The van der Waals surface area contributed by atoms with Crippen molar-refractivity contribution < 1.29 is 4.84 Å². The van der Waals surface area contributed by atoms with Crippen molar-refractivity contribution in [2.45, 2.75) is 27.4 Å². The highest BCUT2D eigenvalue weighted by Crippen LogP contribution is 2.26. The van der Waals surface area contributed by atoms with Crippen LogP contribution in [0, 0.1) is 20.8 Å². The molecule has 0 aliphatic heterocycles. The number of benzene rings is 2. The molecule has 3 rings (SSSR count). The fourth-order valence-corrected chi connectivity index (χ4v) is 3.41. The molecule has 0 unspecified atom stereocenters. The molecule has 0 spiro atoms. The van der Waals surface area contributed by atoms with Gasteiger partial charge in [-0.25, -0.2) is 9.67 Å². The molecule has 0 aliphatic carbocycles. The Morgan fingerprint density at radius 1 is 1.15 bits per heavy atom. The fraction of sp³-hybridized carbons (Fsp3) is 0.200. The molecular formula is C20H20Cl2N4O. The van der Waals surface area contributed by atoms with Gasteiger partial charge in [0.2, 0.25) is 0 Å². The Balaban J connectivity index is 1.83. The molecule has 0 bridgehead atoms. The normalized spacial score (nSPS) is 11.7. The van der Waals surface area contributed by atoms with Crippen molar-refractivity contribution in [2.24, 2.45) is 0 Å². The van der Waals surface area contributed by atoms with Gasteiger partial charge in [-0.05, 0) is 55.7 Å². The zero-order chi connectivity index (χ0) is 19.4. The molecule has 27 heavy (non-hydrogen) atoms. The summed E-state index contributed by atoms with van der Waals surface area (Å²) >= 11 is 12.4. The minimum Gasteiger partial charge on any atom is -0.271 e. The van der Waals surface area contributed by atoms with E-state index in [-0.39, 0.29) is 0 Å². The highest BCUT2D eigenvalue weighted by molar-refractivity contribution is 6.35. The average molecular weight is 403 g/mol. The molecule has 0 aliphatic rings. The Bertz CT molecular complexity index is 945. The maximum atomic E-state index is 6.36. The van der Waals surface area contributed by atoms with E-state index in [0.29, 0.717) is 22.3 Å². The number of aryl methyl sites for hydroxylation is 3. The summed E-state index contributed by atoms with van der Waals surface area (Å²) in [4.78, 5) is 9.75. The smallest absolute Gasteiger partial charge is 0.138 e. The van der Waals surface area contributed by atoms with Gasteiger partial charge in [-0.2, -0.15) is 5.10 Å². The molecule has 0 atom stereocenters. The number of halogens is 2. The Hall–Kier alpha value is -2.34.